The van der Waals surface area contributed by atoms with Gasteiger partial charge in [0.15, 0.2) is 0 Å². The molecule has 3 fully saturated rings. The number of methoxy groups -OCH3 is 1. The Bertz CT molecular complexity index is 1070. The van der Waals surface area contributed by atoms with Crippen LogP contribution in [0.25, 0.3) is 10.9 Å². The average molecular weight is 578 g/mol. The van der Waals surface area contributed by atoms with Crippen LogP contribution in [0.4, 0.5) is 0 Å². The first-order valence-corrected chi connectivity index (χ1v) is 17.7. The van der Waals surface area contributed by atoms with Crippen LogP contribution in [0, 0.1) is 11.8 Å². The van der Waals surface area contributed by atoms with Crippen molar-refractivity contribution in [3.05, 3.63) is 48.7 Å². The summed E-state index contributed by atoms with van der Waals surface area (Å²) in [5, 5.41) is 13.0. The van der Waals surface area contributed by atoms with Crippen LogP contribution in [0.3, 0.4) is 0 Å². The highest BCUT2D eigenvalue weighted by molar-refractivity contribution is 5.83. The zero-order valence-corrected chi connectivity index (χ0v) is 27.1. The number of hydrogen-bond donors (Lipinski definition) is 1. The monoisotopic (exact) mass is 577 g/mol. The Labute approximate surface area is 257 Å². The summed E-state index contributed by atoms with van der Waals surface area (Å²) in [6, 6.07) is 8.28. The lowest BCUT2D eigenvalue weighted by Gasteiger charge is -2.58. The maximum absolute atomic E-state index is 12.0. The second kappa shape index (κ2) is 17.4. The van der Waals surface area contributed by atoms with E-state index in [0.717, 1.165) is 39.7 Å². The van der Waals surface area contributed by atoms with Crippen LogP contribution in [0.15, 0.2) is 43.1 Å². The third kappa shape index (κ3) is 8.82. The fraction of sp³-hybridized carbons (Fsp3) is 0.711. The highest BCUT2D eigenvalue weighted by atomic mass is 16.5. The largest absolute Gasteiger partial charge is 0.497 e. The van der Waals surface area contributed by atoms with Gasteiger partial charge in [0, 0.05) is 30.3 Å². The first-order chi connectivity index (χ1) is 20.6. The minimum atomic E-state index is -0.489. The van der Waals surface area contributed by atoms with E-state index in [0.29, 0.717) is 11.8 Å². The molecular weight excluding hydrogens is 516 g/mol. The molecule has 0 spiro atoms. The highest BCUT2D eigenvalue weighted by Crippen LogP contribution is 2.47. The van der Waals surface area contributed by atoms with Crippen molar-refractivity contribution in [2.45, 2.75) is 135 Å². The van der Waals surface area contributed by atoms with E-state index in [4.69, 9.17) is 4.74 Å². The number of benzene rings is 1. The third-order valence-corrected chi connectivity index (χ3v) is 10.8. The number of ether oxygens (including phenoxy) is 1. The molecule has 3 unspecified atom stereocenters. The molecule has 0 radical (unpaired) electrons. The van der Waals surface area contributed by atoms with E-state index in [1.54, 1.807) is 7.11 Å². The van der Waals surface area contributed by atoms with Gasteiger partial charge in [-0.3, -0.25) is 4.98 Å². The van der Waals surface area contributed by atoms with Crippen molar-refractivity contribution in [1.29, 1.82) is 0 Å². The van der Waals surface area contributed by atoms with E-state index in [2.05, 4.69) is 24.6 Å². The van der Waals surface area contributed by atoms with Crippen LogP contribution < -0.4 is 4.74 Å². The fourth-order valence-corrected chi connectivity index (χ4v) is 8.20. The predicted octanol–water partition coefficient (Wildman–Crippen LogP) is 9.95. The van der Waals surface area contributed by atoms with Crippen molar-refractivity contribution >= 4 is 10.9 Å². The van der Waals surface area contributed by atoms with Crippen molar-refractivity contribution in [3.63, 3.8) is 0 Å². The number of fused-ring (bicyclic) bond motifs is 4. The summed E-state index contributed by atoms with van der Waals surface area (Å²) in [6.45, 7) is 10.0. The molecule has 5 atom stereocenters. The molecule has 2 aromatic rings. The number of rotatable bonds is 21. The quantitative estimate of drug-likeness (QED) is 0.0912. The topological polar surface area (TPSA) is 42.4 Å². The van der Waals surface area contributed by atoms with Crippen LogP contribution in [-0.4, -0.2) is 47.4 Å². The van der Waals surface area contributed by atoms with E-state index in [-0.39, 0.29) is 6.04 Å². The van der Waals surface area contributed by atoms with Gasteiger partial charge in [-0.05, 0) is 48.6 Å². The lowest BCUT2D eigenvalue weighted by atomic mass is 9.71. The van der Waals surface area contributed by atoms with Gasteiger partial charge < -0.3 is 14.3 Å². The lowest BCUT2D eigenvalue weighted by molar-refractivity contribution is -0.973. The van der Waals surface area contributed by atoms with Crippen LogP contribution in [-0.2, 0) is 0 Å². The molecule has 2 bridgehead atoms. The van der Waals surface area contributed by atoms with Gasteiger partial charge in [-0.15, -0.1) is 6.58 Å². The molecule has 4 nitrogen and oxygen atoms in total. The van der Waals surface area contributed by atoms with Crippen molar-refractivity contribution in [2.24, 2.45) is 11.8 Å². The molecule has 0 amide bonds. The van der Waals surface area contributed by atoms with Gasteiger partial charge in [-0.1, -0.05) is 103 Å². The number of quaternary nitrogens is 1. The fourth-order valence-electron chi connectivity index (χ4n) is 8.20. The molecule has 3 saturated heterocycles. The first-order valence-electron chi connectivity index (χ1n) is 17.7. The van der Waals surface area contributed by atoms with Crippen LogP contribution in [0.2, 0.25) is 0 Å². The zero-order chi connectivity index (χ0) is 29.6. The van der Waals surface area contributed by atoms with Gasteiger partial charge in [-0.2, -0.15) is 0 Å². The number of pyridine rings is 1. The number of nitrogens with zero attached hydrogens (tertiary/aromatic N) is 2. The number of aliphatic hydroxyl groups excluding tert-OH is 1. The molecule has 5 rings (SSSR count). The Morgan fingerprint density at radius 2 is 1.55 bits per heavy atom. The summed E-state index contributed by atoms with van der Waals surface area (Å²) >= 11 is 0. The van der Waals surface area contributed by atoms with E-state index in [1.165, 1.54) is 122 Å². The van der Waals surface area contributed by atoms with Gasteiger partial charge in [0.2, 0.25) is 0 Å². The summed E-state index contributed by atoms with van der Waals surface area (Å²) < 4.78 is 6.57. The number of hydrogen-bond acceptors (Lipinski definition) is 3. The predicted molar refractivity (Wildman–Crippen MR) is 178 cm³/mol. The number of unbranched alkanes of at least 4 members (excludes halogenated alkanes) is 15. The molecule has 234 valence electrons. The molecule has 3 aliphatic heterocycles. The van der Waals surface area contributed by atoms with Crippen LogP contribution >= 0.6 is 0 Å². The molecule has 3 aliphatic rings. The Hall–Kier alpha value is -1.91. The summed E-state index contributed by atoms with van der Waals surface area (Å²) in [7, 11) is 1.70. The molecule has 4 heterocycles. The lowest BCUT2D eigenvalue weighted by Crippen LogP contribution is -2.68. The molecule has 1 aromatic heterocycles. The van der Waals surface area contributed by atoms with Gasteiger partial charge in [0.05, 0.1) is 32.3 Å². The molecular formula is C38H61N2O2+. The first kappa shape index (κ1) is 33.0. The van der Waals surface area contributed by atoms with Gasteiger partial charge in [0.1, 0.15) is 17.9 Å². The van der Waals surface area contributed by atoms with E-state index in [9.17, 15) is 5.11 Å². The smallest absolute Gasteiger partial charge is 0.131 e. The second-order valence-electron chi connectivity index (χ2n) is 13.6. The highest BCUT2D eigenvalue weighted by Gasteiger charge is 2.53. The third-order valence-electron chi connectivity index (χ3n) is 10.8. The van der Waals surface area contributed by atoms with Crippen LogP contribution in [0.5, 0.6) is 5.75 Å². The van der Waals surface area contributed by atoms with Gasteiger partial charge >= 0.3 is 0 Å². The summed E-state index contributed by atoms with van der Waals surface area (Å²) in [5.41, 5.74) is 1.94. The maximum atomic E-state index is 12.0. The van der Waals surface area contributed by atoms with E-state index < -0.39 is 6.10 Å². The Morgan fingerprint density at radius 3 is 2.14 bits per heavy atom. The van der Waals surface area contributed by atoms with Crippen molar-refractivity contribution in [3.8, 4) is 5.75 Å². The standard InChI is InChI=1S/C38H61N2O2/c1-4-6-7-8-9-10-11-12-13-14-15-16-17-18-19-20-26-40-27-24-32(31(5-2)30-40)28-37(40)38(41)34-23-25-39-36-22-21-33(42-3)29-35(34)36/h5,21-23,25,29,31-32,37-38,41H,2,4,6-20,24,26-28,30H2,1,3H3/q+1/t31?,32?,37-,38-,40?/m0/s1. The summed E-state index contributed by atoms with van der Waals surface area (Å²) in [6.07, 6.45) is 28.4. The molecule has 0 aliphatic carbocycles. The van der Waals surface area contributed by atoms with Crippen molar-refractivity contribution in [1.82, 2.24) is 4.98 Å². The SMILES string of the molecule is C=CC1C[N+]2(CCCCCCCCCCCCCCCCCC)CCC1C[C@H]2[C@@H](O)c1ccnc2ccc(OC)cc12. The molecule has 0 saturated carbocycles. The van der Waals surface area contributed by atoms with Crippen molar-refractivity contribution in [2.75, 3.05) is 26.7 Å². The Balaban J connectivity index is 1.21. The van der Waals surface area contributed by atoms with Crippen LogP contribution in [0.1, 0.15) is 134 Å². The number of aliphatic hydroxyl groups is 1. The molecule has 1 N–H and O–H groups in total. The zero-order valence-electron chi connectivity index (χ0n) is 27.1. The van der Waals surface area contributed by atoms with E-state index >= 15 is 0 Å². The second-order valence-corrected chi connectivity index (χ2v) is 13.6. The molecule has 1 aromatic carbocycles. The minimum absolute atomic E-state index is 0.244. The normalized spacial score (nSPS) is 24.2. The summed E-state index contributed by atoms with van der Waals surface area (Å²) in [4.78, 5) is 4.57. The Morgan fingerprint density at radius 1 is 0.929 bits per heavy atom. The van der Waals surface area contributed by atoms with Gasteiger partial charge in [0.25, 0.3) is 0 Å². The number of aromatic nitrogens is 1. The van der Waals surface area contributed by atoms with Crippen molar-refractivity contribution < 1.29 is 14.3 Å². The minimum Gasteiger partial charge on any atom is -0.497 e. The molecule has 42 heavy (non-hydrogen) atoms. The number of piperidine rings is 3. The van der Waals surface area contributed by atoms with E-state index in [1.807, 2.05) is 30.5 Å². The molecule has 4 heteroatoms. The van der Waals surface area contributed by atoms with Gasteiger partial charge in [-0.25, -0.2) is 0 Å². The Kier molecular flexibility index (Phi) is 13.7. The average Bonchev–Trinajstić information content (AvgIpc) is 3.03. The summed E-state index contributed by atoms with van der Waals surface area (Å²) in [5.74, 6) is 2.05. The maximum Gasteiger partial charge on any atom is 0.131 e.